The molecule has 2 heterocycles. The molecule has 0 aromatic rings. The normalized spacial score (nSPS) is 29.8. The average Bonchev–Trinajstić information content (AvgIpc) is 2.08. The molecule has 0 saturated heterocycles. The van der Waals surface area contributed by atoms with Crippen LogP contribution in [0.15, 0.2) is 41.4 Å². The van der Waals surface area contributed by atoms with Gasteiger partial charge in [0.1, 0.15) is 0 Å². The molecule has 0 unspecified atom stereocenters. The summed E-state index contributed by atoms with van der Waals surface area (Å²) in [7, 11) is 0. The Morgan fingerprint density at radius 1 is 1.23 bits per heavy atom. The minimum Gasteiger partial charge on any atom is -0.481 e. The first kappa shape index (κ1) is 8.30. The summed E-state index contributed by atoms with van der Waals surface area (Å²) in [5.41, 5.74) is 0. The van der Waals surface area contributed by atoms with Crippen LogP contribution < -0.4 is 0 Å². The number of dihydropyridines is 1. The molecule has 1 aliphatic carbocycles. The van der Waals surface area contributed by atoms with Crippen molar-refractivity contribution in [3.05, 3.63) is 36.5 Å². The highest BCUT2D eigenvalue weighted by Gasteiger charge is 2.18. The van der Waals surface area contributed by atoms with E-state index in [1.54, 1.807) is 0 Å². The number of nitrogens with zero attached hydrogens (tertiary/aromatic N) is 1. The average molecular weight is 175 g/mol. The van der Waals surface area contributed by atoms with Crippen LogP contribution in [0.3, 0.4) is 0 Å². The molecule has 2 aliphatic heterocycles. The van der Waals surface area contributed by atoms with Gasteiger partial charge in [-0.15, -0.1) is 0 Å². The Morgan fingerprint density at radius 3 is 2.92 bits per heavy atom. The molecule has 3 aliphatic rings. The molecule has 2 atom stereocenters. The van der Waals surface area contributed by atoms with E-state index in [0.29, 0.717) is 6.61 Å². The number of hydrogen-bond acceptors (Lipinski definition) is 2. The fraction of sp³-hybridized carbons (Fsp3) is 0.364. The summed E-state index contributed by atoms with van der Waals surface area (Å²) in [5.74, 6) is 1.08. The summed E-state index contributed by atoms with van der Waals surface area (Å²) >= 11 is 0. The van der Waals surface area contributed by atoms with E-state index in [1.807, 2.05) is 13.0 Å². The number of fused-ring (bicyclic) bond motifs is 1. The Labute approximate surface area is 78.3 Å². The van der Waals surface area contributed by atoms with Gasteiger partial charge in [0.15, 0.2) is 5.90 Å². The Balaban J connectivity index is 2.26. The van der Waals surface area contributed by atoms with Crippen molar-refractivity contribution in [1.29, 1.82) is 0 Å². The first-order chi connectivity index (χ1) is 6.40. The molecular weight excluding hydrogens is 162 g/mol. The van der Waals surface area contributed by atoms with E-state index in [2.05, 4.69) is 35.4 Å². The Hall–Kier alpha value is -1.31. The van der Waals surface area contributed by atoms with E-state index in [0.717, 1.165) is 5.90 Å². The Kier molecular flexibility index (Phi) is 2.30. The van der Waals surface area contributed by atoms with E-state index in [1.165, 1.54) is 0 Å². The van der Waals surface area contributed by atoms with Crippen molar-refractivity contribution in [2.45, 2.75) is 13.0 Å². The molecule has 2 nitrogen and oxygen atoms in total. The van der Waals surface area contributed by atoms with Crippen molar-refractivity contribution >= 4 is 5.90 Å². The van der Waals surface area contributed by atoms with Crippen LogP contribution in [0.2, 0.25) is 0 Å². The lowest BCUT2D eigenvalue weighted by Gasteiger charge is -2.20. The maximum Gasteiger partial charge on any atom is 0.195 e. The van der Waals surface area contributed by atoms with Crippen LogP contribution in [-0.4, -0.2) is 18.5 Å². The molecule has 13 heavy (non-hydrogen) atoms. The van der Waals surface area contributed by atoms with Gasteiger partial charge in [-0.25, -0.2) is 4.99 Å². The maximum atomic E-state index is 5.47. The second-order valence-electron chi connectivity index (χ2n) is 3.07. The SMILES string of the molecule is CCOC1=N[C@@H]2C=CC=C[C@@H]1C=C2. The Bertz CT molecular complexity index is 299. The zero-order valence-electron chi connectivity index (χ0n) is 7.68. The summed E-state index contributed by atoms with van der Waals surface area (Å²) < 4.78 is 5.47. The van der Waals surface area contributed by atoms with Crippen LogP contribution in [0, 0.1) is 5.92 Å². The van der Waals surface area contributed by atoms with Gasteiger partial charge in [0.2, 0.25) is 0 Å². The lowest BCUT2D eigenvalue weighted by molar-refractivity contribution is 0.310. The van der Waals surface area contributed by atoms with Crippen LogP contribution in [-0.2, 0) is 4.74 Å². The van der Waals surface area contributed by atoms with Gasteiger partial charge in [0.05, 0.1) is 18.6 Å². The standard InChI is InChI=1S/C11H13NO/c1-2-13-11-9-5-3-4-6-10(12-11)8-7-9/h3-10H,2H2,1H3/t9-,10-/m1/s1. The smallest absolute Gasteiger partial charge is 0.195 e. The highest BCUT2D eigenvalue weighted by atomic mass is 16.5. The molecule has 0 aromatic heterocycles. The van der Waals surface area contributed by atoms with Gasteiger partial charge in [0.25, 0.3) is 0 Å². The van der Waals surface area contributed by atoms with E-state index < -0.39 is 0 Å². The molecule has 2 bridgehead atoms. The number of aliphatic imine (C=N–C) groups is 1. The molecule has 0 fully saturated rings. The zero-order valence-corrected chi connectivity index (χ0v) is 7.68. The monoisotopic (exact) mass is 175 g/mol. The van der Waals surface area contributed by atoms with Crippen molar-refractivity contribution in [2.75, 3.05) is 6.61 Å². The van der Waals surface area contributed by atoms with E-state index in [9.17, 15) is 0 Å². The predicted octanol–water partition coefficient (Wildman–Crippen LogP) is 2.10. The van der Waals surface area contributed by atoms with Gasteiger partial charge < -0.3 is 4.74 Å². The van der Waals surface area contributed by atoms with Gasteiger partial charge in [-0.1, -0.05) is 36.5 Å². The highest BCUT2D eigenvalue weighted by Crippen LogP contribution is 2.17. The molecule has 0 aromatic carbocycles. The first-order valence-corrected chi connectivity index (χ1v) is 4.64. The summed E-state index contributed by atoms with van der Waals surface area (Å²) in [5, 5.41) is 0. The van der Waals surface area contributed by atoms with Crippen molar-refractivity contribution in [3.8, 4) is 0 Å². The molecule has 68 valence electrons. The van der Waals surface area contributed by atoms with Crippen molar-refractivity contribution in [3.63, 3.8) is 0 Å². The number of hydrogen-bond donors (Lipinski definition) is 0. The summed E-state index contributed by atoms with van der Waals surface area (Å²) in [4.78, 5) is 4.46. The predicted molar refractivity (Wildman–Crippen MR) is 53.8 cm³/mol. The number of rotatable bonds is 1. The van der Waals surface area contributed by atoms with Crippen molar-refractivity contribution < 1.29 is 4.74 Å². The first-order valence-electron chi connectivity index (χ1n) is 4.64. The summed E-state index contributed by atoms with van der Waals surface area (Å²) in [6.07, 6.45) is 12.5. The highest BCUT2D eigenvalue weighted by molar-refractivity contribution is 5.84. The second kappa shape index (κ2) is 3.60. The van der Waals surface area contributed by atoms with Crippen LogP contribution in [0.5, 0.6) is 0 Å². The largest absolute Gasteiger partial charge is 0.481 e. The third-order valence-corrected chi connectivity index (χ3v) is 2.11. The van der Waals surface area contributed by atoms with E-state index >= 15 is 0 Å². The van der Waals surface area contributed by atoms with Gasteiger partial charge in [-0.05, 0) is 6.92 Å². The van der Waals surface area contributed by atoms with Gasteiger partial charge >= 0.3 is 0 Å². The summed E-state index contributed by atoms with van der Waals surface area (Å²) in [6, 6.07) is 0.169. The van der Waals surface area contributed by atoms with Gasteiger partial charge in [-0.2, -0.15) is 0 Å². The molecule has 0 N–H and O–H groups in total. The minimum absolute atomic E-state index is 0.169. The molecule has 0 amide bonds. The number of ether oxygens (including phenoxy) is 1. The molecule has 0 saturated carbocycles. The van der Waals surface area contributed by atoms with Crippen molar-refractivity contribution in [1.82, 2.24) is 0 Å². The topological polar surface area (TPSA) is 21.6 Å². The lowest BCUT2D eigenvalue weighted by Crippen LogP contribution is -2.21. The number of allylic oxidation sites excluding steroid dienone is 2. The van der Waals surface area contributed by atoms with Gasteiger partial charge in [0, 0.05) is 0 Å². The molecule has 0 radical (unpaired) electrons. The van der Waals surface area contributed by atoms with Crippen LogP contribution in [0.4, 0.5) is 0 Å². The van der Waals surface area contributed by atoms with Crippen LogP contribution in [0.25, 0.3) is 0 Å². The fourth-order valence-corrected chi connectivity index (χ4v) is 1.49. The van der Waals surface area contributed by atoms with Crippen molar-refractivity contribution in [2.24, 2.45) is 10.9 Å². The fourth-order valence-electron chi connectivity index (χ4n) is 1.49. The summed E-state index contributed by atoms with van der Waals surface area (Å²) in [6.45, 7) is 2.67. The van der Waals surface area contributed by atoms with Crippen LogP contribution >= 0.6 is 0 Å². The zero-order chi connectivity index (χ0) is 9.10. The van der Waals surface area contributed by atoms with E-state index in [-0.39, 0.29) is 12.0 Å². The maximum absolute atomic E-state index is 5.47. The third-order valence-electron chi connectivity index (χ3n) is 2.11. The molecule has 0 spiro atoms. The quantitative estimate of drug-likeness (QED) is 0.559. The van der Waals surface area contributed by atoms with Gasteiger partial charge in [-0.3, -0.25) is 0 Å². The molecule has 3 rings (SSSR count). The molecular formula is C11H13NO. The minimum atomic E-state index is 0.169. The molecule has 2 heteroatoms. The Morgan fingerprint density at radius 2 is 2.08 bits per heavy atom. The van der Waals surface area contributed by atoms with E-state index in [4.69, 9.17) is 4.74 Å². The van der Waals surface area contributed by atoms with Crippen LogP contribution in [0.1, 0.15) is 6.92 Å². The second-order valence-corrected chi connectivity index (χ2v) is 3.07. The lowest BCUT2D eigenvalue weighted by atomic mass is 10.0. The third kappa shape index (κ3) is 1.72.